The zero-order valence-electron chi connectivity index (χ0n) is 14.6. The standard InChI is InChI=1S/C23H25NO/c1-19(24-17-20-11-5-2-6-12-20)23(22-15-9-4-10-16-22)25-18-21-13-7-3-8-14-21/h2-16,19,23-24H,17-18H2,1H3/t19-,23-/m0/s1. The van der Waals surface area contributed by atoms with Crippen molar-refractivity contribution in [2.24, 2.45) is 0 Å². The predicted molar refractivity (Wildman–Crippen MR) is 103 cm³/mol. The molecule has 0 fully saturated rings. The molecule has 0 amide bonds. The van der Waals surface area contributed by atoms with E-state index < -0.39 is 0 Å². The van der Waals surface area contributed by atoms with Crippen LogP contribution < -0.4 is 5.32 Å². The maximum Gasteiger partial charge on any atom is 0.0979 e. The number of hydrogen-bond acceptors (Lipinski definition) is 2. The zero-order valence-corrected chi connectivity index (χ0v) is 14.6. The van der Waals surface area contributed by atoms with Crippen molar-refractivity contribution >= 4 is 0 Å². The molecule has 1 N–H and O–H groups in total. The molecule has 0 heterocycles. The second-order valence-electron chi connectivity index (χ2n) is 6.28. The first kappa shape index (κ1) is 17.4. The van der Waals surface area contributed by atoms with Crippen molar-refractivity contribution in [3.63, 3.8) is 0 Å². The van der Waals surface area contributed by atoms with Crippen LogP contribution in [0.2, 0.25) is 0 Å². The molecule has 2 nitrogen and oxygen atoms in total. The molecule has 3 aromatic carbocycles. The van der Waals surface area contributed by atoms with Gasteiger partial charge in [0.1, 0.15) is 0 Å². The summed E-state index contributed by atoms with van der Waals surface area (Å²) in [5.41, 5.74) is 3.68. The number of benzene rings is 3. The molecule has 0 radical (unpaired) electrons. The fourth-order valence-electron chi connectivity index (χ4n) is 2.91. The van der Waals surface area contributed by atoms with E-state index in [0.29, 0.717) is 6.61 Å². The zero-order chi connectivity index (χ0) is 17.3. The van der Waals surface area contributed by atoms with Gasteiger partial charge in [-0.1, -0.05) is 91.0 Å². The minimum absolute atomic E-state index is 0.00474. The molecule has 2 heteroatoms. The Labute approximate surface area is 150 Å². The van der Waals surface area contributed by atoms with Crippen LogP contribution in [-0.2, 0) is 17.9 Å². The van der Waals surface area contributed by atoms with Crippen molar-refractivity contribution in [2.75, 3.05) is 0 Å². The average molecular weight is 331 g/mol. The lowest BCUT2D eigenvalue weighted by molar-refractivity contribution is 0.0168. The lowest BCUT2D eigenvalue weighted by Crippen LogP contribution is -2.33. The first-order chi connectivity index (χ1) is 12.3. The Morgan fingerprint density at radius 1 is 0.720 bits per heavy atom. The third-order valence-corrected chi connectivity index (χ3v) is 4.33. The van der Waals surface area contributed by atoms with Crippen LogP contribution in [0.25, 0.3) is 0 Å². The van der Waals surface area contributed by atoms with E-state index in [0.717, 1.165) is 6.54 Å². The molecule has 3 rings (SSSR count). The van der Waals surface area contributed by atoms with Gasteiger partial charge in [0.05, 0.1) is 12.7 Å². The van der Waals surface area contributed by atoms with E-state index in [-0.39, 0.29) is 12.1 Å². The third-order valence-electron chi connectivity index (χ3n) is 4.33. The fourth-order valence-corrected chi connectivity index (χ4v) is 2.91. The van der Waals surface area contributed by atoms with Crippen molar-refractivity contribution in [1.29, 1.82) is 0 Å². The molecule has 0 unspecified atom stereocenters. The summed E-state index contributed by atoms with van der Waals surface area (Å²) in [5.74, 6) is 0. The van der Waals surface area contributed by atoms with E-state index in [1.54, 1.807) is 0 Å². The summed E-state index contributed by atoms with van der Waals surface area (Å²) >= 11 is 0. The van der Waals surface area contributed by atoms with Crippen molar-refractivity contribution in [1.82, 2.24) is 5.32 Å². The molecule has 0 saturated carbocycles. The second kappa shape index (κ2) is 9.16. The number of nitrogens with one attached hydrogen (secondary N) is 1. The first-order valence-corrected chi connectivity index (χ1v) is 8.81. The number of ether oxygens (including phenoxy) is 1. The Kier molecular flexibility index (Phi) is 6.38. The van der Waals surface area contributed by atoms with E-state index in [1.807, 2.05) is 30.3 Å². The third kappa shape index (κ3) is 5.28. The van der Waals surface area contributed by atoms with Crippen LogP contribution in [0.5, 0.6) is 0 Å². The van der Waals surface area contributed by atoms with Gasteiger partial charge in [0.2, 0.25) is 0 Å². The average Bonchev–Trinajstić information content (AvgIpc) is 2.69. The summed E-state index contributed by atoms with van der Waals surface area (Å²) in [5, 5.41) is 3.61. The summed E-state index contributed by atoms with van der Waals surface area (Å²) in [6.07, 6.45) is 0.00474. The Morgan fingerprint density at radius 2 is 1.24 bits per heavy atom. The van der Waals surface area contributed by atoms with Crippen LogP contribution in [0.1, 0.15) is 29.7 Å². The molecule has 25 heavy (non-hydrogen) atoms. The fraction of sp³-hybridized carbons (Fsp3) is 0.217. The van der Waals surface area contributed by atoms with Gasteiger partial charge in [0.25, 0.3) is 0 Å². The summed E-state index contributed by atoms with van der Waals surface area (Å²) < 4.78 is 6.30. The lowest BCUT2D eigenvalue weighted by Gasteiger charge is -2.26. The Balaban J connectivity index is 1.67. The van der Waals surface area contributed by atoms with Gasteiger partial charge in [-0.05, 0) is 23.6 Å². The molecular formula is C23H25NO. The molecule has 0 aromatic heterocycles. The molecule has 0 aliphatic carbocycles. The van der Waals surface area contributed by atoms with E-state index in [1.165, 1.54) is 16.7 Å². The topological polar surface area (TPSA) is 21.3 Å². The highest BCUT2D eigenvalue weighted by Crippen LogP contribution is 2.23. The van der Waals surface area contributed by atoms with Gasteiger partial charge >= 0.3 is 0 Å². The summed E-state index contributed by atoms with van der Waals surface area (Å²) in [4.78, 5) is 0. The Morgan fingerprint density at radius 3 is 1.84 bits per heavy atom. The lowest BCUT2D eigenvalue weighted by atomic mass is 10.0. The minimum atomic E-state index is 0.00474. The molecule has 0 bridgehead atoms. The van der Waals surface area contributed by atoms with E-state index in [2.05, 4.69) is 72.9 Å². The van der Waals surface area contributed by atoms with Crippen LogP contribution in [-0.4, -0.2) is 6.04 Å². The molecule has 0 spiro atoms. The van der Waals surface area contributed by atoms with Crippen molar-refractivity contribution in [2.45, 2.75) is 32.2 Å². The molecule has 3 aromatic rings. The molecular weight excluding hydrogens is 306 g/mol. The SMILES string of the molecule is C[C@H](NCc1ccccc1)[C@H](OCc1ccccc1)c1ccccc1. The molecule has 0 aliphatic heterocycles. The smallest absolute Gasteiger partial charge is 0.0979 e. The second-order valence-corrected chi connectivity index (χ2v) is 6.28. The van der Waals surface area contributed by atoms with Crippen LogP contribution in [0.4, 0.5) is 0 Å². The maximum atomic E-state index is 6.30. The predicted octanol–water partition coefficient (Wildman–Crippen LogP) is 5.12. The Hall–Kier alpha value is -2.42. The van der Waals surface area contributed by atoms with Gasteiger partial charge in [-0.15, -0.1) is 0 Å². The monoisotopic (exact) mass is 331 g/mol. The van der Waals surface area contributed by atoms with Gasteiger partial charge in [0, 0.05) is 12.6 Å². The van der Waals surface area contributed by atoms with Crippen LogP contribution in [0, 0.1) is 0 Å². The first-order valence-electron chi connectivity index (χ1n) is 8.81. The molecule has 0 aliphatic rings. The minimum Gasteiger partial charge on any atom is -0.367 e. The quantitative estimate of drug-likeness (QED) is 0.618. The van der Waals surface area contributed by atoms with E-state index in [4.69, 9.17) is 4.74 Å². The number of rotatable bonds is 8. The van der Waals surface area contributed by atoms with Gasteiger partial charge in [-0.2, -0.15) is 0 Å². The molecule has 2 atom stereocenters. The van der Waals surface area contributed by atoms with Gasteiger partial charge < -0.3 is 10.1 Å². The van der Waals surface area contributed by atoms with E-state index >= 15 is 0 Å². The van der Waals surface area contributed by atoms with Crippen molar-refractivity contribution in [3.8, 4) is 0 Å². The summed E-state index contributed by atoms with van der Waals surface area (Å²) in [6, 6.07) is 31.4. The van der Waals surface area contributed by atoms with Crippen LogP contribution in [0.3, 0.4) is 0 Å². The normalized spacial score (nSPS) is 13.3. The van der Waals surface area contributed by atoms with Gasteiger partial charge in [0.15, 0.2) is 0 Å². The van der Waals surface area contributed by atoms with Crippen molar-refractivity contribution < 1.29 is 4.74 Å². The highest BCUT2D eigenvalue weighted by molar-refractivity contribution is 5.20. The van der Waals surface area contributed by atoms with Crippen LogP contribution >= 0.6 is 0 Å². The van der Waals surface area contributed by atoms with Crippen molar-refractivity contribution in [3.05, 3.63) is 108 Å². The van der Waals surface area contributed by atoms with Gasteiger partial charge in [-0.3, -0.25) is 0 Å². The number of hydrogen-bond donors (Lipinski definition) is 1. The highest BCUT2D eigenvalue weighted by Gasteiger charge is 2.19. The molecule has 128 valence electrons. The molecule has 0 saturated heterocycles. The maximum absolute atomic E-state index is 6.30. The Bertz CT molecular complexity index is 728. The van der Waals surface area contributed by atoms with Crippen LogP contribution in [0.15, 0.2) is 91.0 Å². The summed E-state index contributed by atoms with van der Waals surface area (Å²) in [6.45, 7) is 3.63. The van der Waals surface area contributed by atoms with E-state index in [9.17, 15) is 0 Å². The largest absolute Gasteiger partial charge is 0.367 e. The highest BCUT2D eigenvalue weighted by atomic mass is 16.5. The summed E-state index contributed by atoms with van der Waals surface area (Å²) in [7, 11) is 0. The van der Waals surface area contributed by atoms with Gasteiger partial charge in [-0.25, -0.2) is 0 Å².